The van der Waals surface area contributed by atoms with Gasteiger partial charge in [-0.2, -0.15) is 0 Å². The second-order valence-electron chi connectivity index (χ2n) is 9.61. The van der Waals surface area contributed by atoms with Crippen molar-refractivity contribution in [3.8, 4) is 11.5 Å². The van der Waals surface area contributed by atoms with Crippen molar-refractivity contribution in [2.24, 2.45) is 0 Å². The minimum Gasteiger partial charge on any atom is -0.493 e. The molecule has 0 fully saturated rings. The van der Waals surface area contributed by atoms with Crippen molar-refractivity contribution in [1.82, 2.24) is 10.2 Å². The number of methoxy groups -OCH3 is 1. The highest BCUT2D eigenvalue weighted by Gasteiger charge is 2.33. The molecule has 3 rings (SSSR count). The van der Waals surface area contributed by atoms with E-state index in [-0.39, 0.29) is 19.1 Å². The second-order valence-corrected chi connectivity index (χ2v) is 10.4. The highest BCUT2D eigenvalue weighted by Crippen LogP contribution is 2.29. The summed E-state index contributed by atoms with van der Waals surface area (Å²) in [4.78, 5) is 28.8. The Labute approximate surface area is 228 Å². The standard InChI is InChI=1S/C29H32Cl2N2O4/c1-29(2,3)32-28(35)24(17-20-11-6-5-7-12-20)33(18-21-22(30)13-10-14-23(21)31)27(34)19-37-26-16-9-8-15-25(26)36-4/h5-16,24H,17-19H2,1-4H3,(H,32,35)/t24-/m0/s1. The van der Waals surface area contributed by atoms with Gasteiger partial charge in [0.2, 0.25) is 5.91 Å². The highest BCUT2D eigenvalue weighted by atomic mass is 35.5. The third kappa shape index (κ3) is 8.14. The normalized spacial score (nSPS) is 11.9. The van der Waals surface area contributed by atoms with Crippen molar-refractivity contribution >= 4 is 35.0 Å². The van der Waals surface area contributed by atoms with Crippen molar-refractivity contribution in [3.63, 3.8) is 0 Å². The molecule has 37 heavy (non-hydrogen) atoms. The van der Waals surface area contributed by atoms with Gasteiger partial charge in [-0.1, -0.05) is 71.7 Å². The summed E-state index contributed by atoms with van der Waals surface area (Å²) in [5.74, 6) is 0.243. The Bertz CT molecular complexity index is 1190. The number of carbonyl (C=O) groups excluding carboxylic acids is 2. The average molecular weight is 543 g/mol. The largest absolute Gasteiger partial charge is 0.493 e. The molecule has 6 nitrogen and oxygen atoms in total. The number of rotatable bonds is 10. The van der Waals surface area contributed by atoms with Gasteiger partial charge >= 0.3 is 0 Å². The van der Waals surface area contributed by atoms with Crippen molar-refractivity contribution in [3.05, 3.63) is 94.0 Å². The van der Waals surface area contributed by atoms with E-state index in [9.17, 15) is 9.59 Å². The number of amides is 2. The summed E-state index contributed by atoms with van der Waals surface area (Å²) in [7, 11) is 1.53. The topological polar surface area (TPSA) is 67.9 Å². The van der Waals surface area contributed by atoms with Crippen LogP contribution in [0.25, 0.3) is 0 Å². The maximum atomic E-state index is 13.7. The first-order valence-corrected chi connectivity index (χ1v) is 12.7. The number of nitrogens with one attached hydrogen (secondary N) is 1. The lowest BCUT2D eigenvalue weighted by atomic mass is 10.0. The molecular formula is C29H32Cl2N2O4. The molecule has 3 aromatic carbocycles. The first kappa shape index (κ1) is 28.4. The quantitative estimate of drug-likeness (QED) is 0.344. The molecular weight excluding hydrogens is 511 g/mol. The van der Waals surface area contributed by atoms with Gasteiger partial charge in [0.25, 0.3) is 5.91 Å². The number of carbonyl (C=O) groups is 2. The van der Waals surface area contributed by atoms with Crippen LogP contribution in [-0.2, 0) is 22.6 Å². The van der Waals surface area contributed by atoms with Crippen molar-refractivity contribution < 1.29 is 19.1 Å². The summed E-state index contributed by atoms with van der Waals surface area (Å²) in [6.07, 6.45) is 0.297. The van der Waals surface area contributed by atoms with E-state index in [0.29, 0.717) is 33.5 Å². The number of ether oxygens (including phenoxy) is 2. The van der Waals surface area contributed by atoms with Crippen LogP contribution in [0.2, 0.25) is 10.0 Å². The van der Waals surface area contributed by atoms with E-state index in [1.165, 1.54) is 12.0 Å². The Hall–Kier alpha value is -3.22. The van der Waals surface area contributed by atoms with Crippen LogP contribution in [0.15, 0.2) is 72.8 Å². The van der Waals surface area contributed by atoms with Gasteiger partial charge in [0.05, 0.1) is 7.11 Å². The molecule has 3 aromatic rings. The smallest absolute Gasteiger partial charge is 0.261 e. The number of hydrogen-bond donors (Lipinski definition) is 1. The molecule has 2 amide bonds. The van der Waals surface area contributed by atoms with Gasteiger partial charge in [0, 0.05) is 34.1 Å². The molecule has 0 radical (unpaired) electrons. The van der Waals surface area contributed by atoms with Crippen LogP contribution < -0.4 is 14.8 Å². The summed E-state index contributed by atoms with van der Waals surface area (Å²) in [5.41, 5.74) is 0.958. The molecule has 0 aliphatic heterocycles. The Morgan fingerprint density at radius 3 is 2.08 bits per heavy atom. The first-order valence-electron chi connectivity index (χ1n) is 11.9. The summed E-state index contributed by atoms with van der Waals surface area (Å²) < 4.78 is 11.2. The van der Waals surface area contributed by atoms with Gasteiger partial charge in [0.1, 0.15) is 6.04 Å². The summed E-state index contributed by atoms with van der Waals surface area (Å²) in [6, 6.07) is 20.9. The van der Waals surface area contributed by atoms with E-state index >= 15 is 0 Å². The second kappa shape index (κ2) is 12.8. The fourth-order valence-electron chi connectivity index (χ4n) is 3.82. The van der Waals surface area contributed by atoms with Crippen LogP contribution in [0.5, 0.6) is 11.5 Å². The molecule has 0 aliphatic carbocycles. The zero-order valence-electron chi connectivity index (χ0n) is 21.5. The molecule has 0 heterocycles. The minimum absolute atomic E-state index is 0.0295. The third-order valence-electron chi connectivity index (χ3n) is 5.58. The van der Waals surface area contributed by atoms with Gasteiger partial charge in [0.15, 0.2) is 18.1 Å². The van der Waals surface area contributed by atoms with E-state index in [1.807, 2.05) is 57.2 Å². The molecule has 0 unspecified atom stereocenters. The Morgan fingerprint density at radius 1 is 0.892 bits per heavy atom. The van der Waals surface area contributed by atoms with Gasteiger partial charge in [-0.25, -0.2) is 0 Å². The lowest BCUT2D eigenvalue weighted by Crippen LogP contribution is -2.55. The maximum Gasteiger partial charge on any atom is 0.261 e. The fraction of sp³-hybridized carbons (Fsp3) is 0.310. The number of hydrogen-bond acceptors (Lipinski definition) is 4. The molecule has 0 aromatic heterocycles. The van der Waals surface area contributed by atoms with E-state index in [0.717, 1.165) is 5.56 Å². The predicted octanol–water partition coefficient (Wildman–Crippen LogP) is 5.94. The summed E-state index contributed by atoms with van der Waals surface area (Å²) in [6.45, 7) is 5.41. The van der Waals surface area contributed by atoms with E-state index in [2.05, 4.69) is 5.32 Å². The Morgan fingerprint density at radius 2 is 1.49 bits per heavy atom. The molecule has 0 saturated heterocycles. The number of halogens is 2. The molecule has 1 N–H and O–H groups in total. The van der Waals surface area contributed by atoms with Crippen LogP contribution >= 0.6 is 23.2 Å². The molecule has 1 atom stereocenters. The predicted molar refractivity (Wildman–Crippen MR) is 147 cm³/mol. The third-order valence-corrected chi connectivity index (χ3v) is 6.29. The van der Waals surface area contributed by atoms with Crippen LogP contribution in [0.1, 0.15) is 31.9 Å². The monoisotopic (exact) mass is 542 g/mol. The van der Waals surface area contributed by atoms with Gasteiger partial charge in [-0.05, 0) is 50.6 Å². The minimum atomic E-state index is -0.845. The van der Waals surface area contributed by atoms with Crippen molar-refractivity contribution in [2.45, 2.75) is 45.3 Å². The van der Waals surface area contributed by atoms with Gasteiger partial charge in [-0.15, -0.1) is 0 Å². The van der Waals surface area contributed by atoms with Crippen molar-refractivity contribution in [2.75, 3.05) is 13.7 Å². The zero-order valence-corrected chi connectivity index (χ0v) is 23.0. The lowest BCUT2D eigenvalue weighted by Gasteiger charge is -2.34. The molecule has 0 saturated carbocycles. The van der Waals surface area contributed by atoms with Gasteiger partial charge < -0.3 is 19.7 Å². The summed E-state index contributed by atoms with van der Waals surface area (Å²) >= 11 is 12.9. The van der Waals surface area contributed by atoms with E-state index < -0.39 is 17.5 Å². The fourth-order valence-corrected chi connectivity index (χ4v) is 4.34. The SMILES string of the molecule is COc1ccccc1OCC(=O)N(Cc1c(Cl)cccc1Cl)[C@@H](Cc1ccccc1)C(=O)NC(C)(C)C. The number of benzene rings is 3. The Kier molecular flexibility index (Phi) is 9.84. The number of nitrogens with zero attached hydrogens (tertiary/aromatic N) is 1. The van der Waals surface area contributed by atoms with E-state index in [1.54, 1.807) is 36.4 Å². The first-order chi connectivity index (χ1) is 17.6. The van der Waals surface area contributed by atoms with Crippen LogP contribution in [0, 0.1) is 0 Å². The Balaban J connectivity index is 1.99. The van der Waals surface area contributed by atoms with Crippen LogP contribution in [0.4, 0.5) is 0 Å². The summed E-state index contributed by atoms with van der Waals surface area (Å²) in [5, 5.41) is 3.84. The number of para-hydroxylation sites is 2. The average Bonchev–Trinajstić information content (AvgIpc) is 2.86. The molecule has 8 heteroatoms. The van der Waals surface area contributed by atoms with Crippen LogP contribution in [0.3, 0.4) is 0 Å². The van der Waals surface area contributed by atoms with E-state index in [4.69, 9.17) is 32.7 Å². The molecule has 0 aliphatic rings. The van der Waals surface area contributed by atoms with Crippen LogP contribution in [-0.4, -0.2) is 42.0 Å². The zero-order chi connectivity index (χ0) is 27.0. The lowest BCUT2D eigenvalue weighted by molar-refractivity contribution is -0.143. The van der Waals surface area contributed by atoms with Gasteiger partial charge in [-0.3, -0.25) is 9.59 Å². The molecule has 0 bridgehead atoms. The molecule has 196 valence electrons. The molecule has 0 spiro atoms. The maximum absolute atomic E-state index is 13.7. The van der Waals surface area contributed by atoms with Crippen molar-refractivity contribution in [1.29, 1.82) is 0 Å². The highest BCUT2D eigenvalue weighted by molar-refractivity contribution is 6.36.